The number of hydrogen-bond donors (Lipinski definition) is 1. The number of aliphatic hydroxyl groups is 1. The van der Waals surface area contributed by atoms with Crippen molar-refractivity contribution in [3.63, 3.8) is 0 Å². The topological polar surface area (TPSA) is 54.4 Å². The van der Waals surface area contributed by atoms with Gasteiger partial charge < -0.3 is 0 Å². The first-order chi connectivity index (χ1) is 12.2. The number of hydrogen-bond acceptors (Lipinski definition) is 3. The minimum absolute atomic E-state index is 0.133. The number of Topliss-reactive ketones (excluding diaryl/α,β-unsaturated/α-hetero) is 2. The Morgan fingerprint density at radius 2 is 1.27 bits per heavy atom. The zero-order valence-electron chi connectivity index (χ0n) is 15.1. The molecule has 1 aliphatic carbocycles. The molecule has 26 heavy (non-hydrogen) atoms. The number of carbonyl (C=O) groups is 2. The van der Waals surface area contributed by atoms with Crippen LogP contribution in [0.2, 0.25) is 0 Å². The molecule has 0 amide bonds. The molecule has 0 fully saturated rings. The first-order valence-corrected chi connectivity index (χ1v) is 12.9. The van der Waals surface area contributed by atoms with E-state index in [1.54, 1.807) is 12.2 Å². The Morgan fingerprint density at radius 3 is 1.77 bits per heavy atom. The van der Waals surface area contributed by atoms with Gasteiger partial charge in [-0.25, -0.2) is 0 Å². The van der Waals surface area contributed by atoms with Crippen LogP contribution in [0.3, 0.4) is 0 Å². The Bertz CT molecular complexity index is 881. The van der Waals surface area contributed by atoms with E-state index in [9.17, 15) is 14.7 Å². The van der Waals surface area contributed by atoms with Crippen LogP contribution in [-0.2, 0) is 9.59 Å². The van der Waals surface area contributed by atoms with Crippen LogP contribution < -0.4 is 0 Å². The second-order valence-corrected chi connectivity index (χ2v) is 15.0. The summed E-state index contributed by atoms with van der Waals surface area (Å²) in [7, 11) is 0. The van der Waals surface area contributed by atoms with Crippen LogP contribution in [0.1, 0.15) is 27.7 Å². The van der Waals surface area contributed by atoms with E-state index >= 15 is 0 Å². The van der Waals surface area contributed by atoms with Crippen molar-refractivity contribution >= 4 is 53.4 Å². The monoisotopic (exact) mass is 580 g/mol. The zero-order chi connectivity index (χ0) is 19.0. The van der Waals surface area contributed by atoms with E-state index in [1.165, 1.54) is 14.5 Å². The van der Waals surface area contributed by atoms with Gasteiger partial charge in [-0.05, 0) is 0 Å². The van der Waals surface area contributed by atoms with Gasteiger partial charge in [0.1, 0.15) is 0 Å². The fourth-order valence-electron chi connectivity index (χ4n) is 3.16. The molecule has 0 spiro atoms. The van der Waals surface area contributed by atoms with Gasteiger partial charge in [0, 0.05) is 0 Å². The predicted octanol–water partition coefficient (Wildman–Crippen LogP) is 3.47. The van der Waals surface area contributed by atoms with E-state index < -0.39 is 17.5 Å². The van der Waals surface area contributed by atoms with E-state index in [1.807, 2.05) is 24.3 Å². The van der Waals surface area contributed by atoms with E-state index in [0.717, 1.165) is 11.1 Å². The molecule has 0 aromatic heterocycles. The Kier molecular flexibility index (Phi) is 5.95. The molecule has 2 heterocycles. The Labute approximate surface area is 174 Å². The summed E-state index contributed by atoms with van der Waals surface area (Å²) in [5.74, 6) is -2.14. The third kappa shape index (κ3) is 4.24. The molecule has 1 unspecified atom stereocenters. The van der Waals surface area contributed by atoms with Gasteiger partial charge in [-0.15, -0.1) is 0 Å². The number of rotatable bonds is 2. The number of allylic oxidation sites excluding steroid dienone is 14. The molecule has 3 nitrogen and oxygen atoms in total. The molecular weight excluding hydrogens is 555 g/mol. The van der Waals surface area contributed by atoms with Crippen LogP contribution in [-0.4, -0.2) is 58.5 Å². The van der Waals surface area contributed by atoms with Gasteiger partial charge in [-0.1, -0.05) is 0 Å². The summed E-state index contributed by atoms with van der Waals surface area (Å²) in [6.07, 6.45) is 11.5. The van der Waals surface area contributed by atoms with E-state index in [4.69, 9.17) is 0 Å². The van der Waals surface area contributed by atoms with Gasteiger partial charge in [0.2, 0.25) is 0 Å². The Balaban J connectivity index is 1.94. The second-order valence-electron chi connectivity index (χ2n) is 6.50. The van der Waals surface area contributed by atoms with Crippen molar-refractivity contribution < 1.29 is 14.7 Å². The molecule has 3 aliphatic rings. The van der Waals surface area contributed by atoms with Gasteiger partial charge in [0.15, 0.2) is 0 Å². The first-order valence-electron chi connectivity index (χ1n) is 8.28. The molecule has 134 valence electrons. The minimum atomic E-state index is -0.920. The maximum atomic E-state index is 12.8. The van der Waals surface area contributed by atoms with Crippen LogP contribution in [0.15, 0.2) is 73.4 Å². The van der Waals surface area contributed by atoms with Crippen molar-refractivity contribution in [1.29, 1.82) is 0 Å². The molecule has 1 atom stereocenters. The average molecular weight is 576 g/mol. The molecule has 0 saturated carbocycles. The van der Waals surface area contributed by atoms with Gasteiger partial charge in [0.25, 0.3) is 0 Å². The molecule has 0 radical (unpaired) electrons. The summed E-state index contributed by atoms with van der Waals surface area (Å²) in [6, 6.07) is 0. The zero-order valence-corrected chi connectivity index (χ0v) is 19.8. The fraction of sp³-hybridized carbons (Fsp3) is 0.238. The molecule has 0 aromatic carbocycles. The molecule has 3 rings (SSSR count). The van der Waals surface area contributed by atoms with Crippen molar-refractivity contribution in [2.75, 3.05) is 0 Å². The number of carbonyl (C=O) groups excluding carboxylic acids is 2. The molecular formula is C21H20O3Te2. The molecule has 0 aromatic rings. The Morgan fingerprint density at radius 1 is 0.808 bits per heavy atom. The van der Waals surface area contributed by atoms with Crippen molar-refractivity contribution in [2.24, 2.45) is 5.92 Å². The van der Waals surface area contributed by atoms with Crippen molar-refractivity contribution in [3.05, 3.63) is 73.4 Å². The summed E-state index contributed by atoms with van der Waals surface area (Å²) in [5.41, 5.74) is 1.90. The van der Waals surface area contributed by atoms with Crippen LogP contribution in [0.25, 0.3) is 0 Å². The number of ketones is 2. The van der Waals surface area contributed by atoms with Crippen molar-refractivity contribution in [3.8, 4) is 0 Å². The fourth-order valence-corrected chi connectivity index (χ4v) is 8.29. The first kappa shape index (κ1) is 19.7. The second kappa shape index (κ2) is 7.87. The van der Waals surface area contributed by atoms with Gasteiger partial charge in [-0.3, -0.25) is 0 Å². The van der Waals surface area contributed by atoms with Gasteiger partial charge >= 0.3 is 175 Å². The summed E-state index contributed by atoms with van der Waals surface area (Å²) in [4.78, 5) is 25.3. The molecule has 2 aliphatic heterocycles. The average Bonchev–Trinajstić information content (AvgIpc) is 2.71. The maximum absolute atomic E-state index is 12.8. The SMILES string of the molecule is CC1=CC(=CC2=C(O)C(=O)C(C=C3C=C(C)[Te]C(C)=C3)C2=O)C=C(C)[Te]1. The van der Waals surface area contributed by atoms with Crippen LogP contribution >= 0.6 is 0 Å². The predicted molar refractivity (Wildman–Crippen MR) is 106 cm³/mol. The standard InChI is InChI=1S/C21H20O3Te2/c1-11-5-15(6-12(2)25-11)9-17-19(22)18(21(24)20(17)23)10-16-7-13(3)26-14(4)8-16/h5-10,17,24H,1-4H3. The third-order valence-electron chi connectivity index (χ3n) is 4.11. The molecule has 5 heteroatoms. The molecule has 1 N–H and O–H groups in total. The number of aliphatic hydroxyl groups excluding tert-OH is 1. The van der Waals surface area contributed by atoms with Gasteiger partial charge in [0.05, 0.1) is 0 Å². The molecule has 0 saturated heterocycles. The van der Waals surface area contributed by atoms with Crippen LogP contribution in [0.5, 0.6) is 0 Å². The van der Waals surface area contributed by atoms with E-state index in [-0.39, 0.29) is 53.2 Å². The third-order valence-corrected chi connectivity index (χ3v) is 9.13. The quantitative estimate of drug-likeness (QED) is 0.406. The van der Waals surface area contributed by atoms with Crippen LogP contribution in [0.4, 0.5) is 0 Å². The van der Waals surface area contributed by atoms with E-state index in [0.29, 0.717) is 0 Å². The van der Waals surface area contributed by atoms with Gasteiger partial charge in [-0.2, -0.15) is 0 Å². The van der Waals surface area contributed by atoms with Crippen molar-refractivity contribution in [2.45, 2.75) is 27.7 Å². The summed E-state index contributed by atoms with van der Waals surface area (Å²) in [5, 5.41) is 10.3. The summed E-state index contributed by atoms with van der Waals surface area (Å²) < 4.78 is 5.30. The van der Waals surface area contributed by atoms with Crippen molar-refractivity contribution in [1.82, 2.24) is 0 Å². The molecule has 0 bridgehead atoms. The van der Waals surface area contributed by atoms with E-state index in [2.05, 4.69) is 27.7 Å². The normalized spacial score (nSPS) is 23.6. The summed E-state index contributed by atoms with van der Waals surface area (Å²) in [6.45, 7) is 8.36. The van der Waals surface area contributed by atoms with Crippen LogP contribution in [0, 0.1) is 5.92 Å². The summed E-state index contributed by atoms with van der Waals surface area (Å²) >= 11 is -0.536. The Hall–Kier alpha value is -1.10.